The summed E-state index contributed by atoms with van der Waals surface area (Å²) in [5, 5.41) is 0. The third-order valence-corrected chi connectivity index (χ3v) is 1.50. The summed E-state index contributed by atoms with van der Waals surface area (Å²) >= 11 is 0. The van der Waals surface area contributed by atoms with E-state index < -0.39 is 11.9 Å². The lowest BCUT2D eigenvalue weighted by molar-refractivity contribution is -0.138. The fourth-order valence-electron chi connectivity index (χ4n) is 0.770. The van der Waals surface area contributed by atoms with Gasteiger partial charge in [0, 0.05) is 11.9 Å². The van der Waals surface area contributed by atoms with Gasteiger partial charge in [-0.15, -0.1) is 0 Å². The van der Waals surface area contributed by atoms with Crippen LogP contribution in [0.15, 0.2) is 22.1 Å². The highest BCUT2D eigenvalue weighted by Crippen LogP contribution is 1.99. The smallest absolute Gasteiger partial charge is 0.333 e. The van der Waals surface area contributed by atoms with E-state index in [0.717, 1.165) is 0 Å². The van der Waals surface area contributed by atoms with Gasteiger partial charge in [0.05, 0.1) is 6.61 Å². The van der Waals surface area contributed by atoms with E-state index in [9.17, 15) is 9.59 Å². The molecule has 14 heavy (non-hydrogen) atoms. The van der Waals surface area contributed by atoms with E-state index in [-0.39, 0.29) is 18.7 Å². The summed E-state index contributed by atoms with van der Waals surface area (Å²) in [6.07, 6.45) is 2.45. The Morgan fingerprint density at radius 1 is 1.64 bits per heavy atom. The maximum atomic E-state index is 10.9. The SMILES string of the molecule is C=C(C)C(=O)OCCC1=N[C-]=NC1=O. The second-order valence-electron chi connectivity index (χ2n) is 2.74. The molecule has 0 aromatic rings. The highest BCUT2D eigenvalue weighted by molar-refractivity contribution is 6.43. The van der Waals surface area contributed by atoms with Crippen LogP contribution in [0.5, 0.6) is 0 Å². The molecule has 1 aliphatic heterocycles. The van der Waals surface area contributed by atoms with Crippen molar-refractivity contribution in [2.75, 3.05) is 6.61 Å². The highest BCUT2D eigenvalue weighted by Gasteiger charge is 2.05. The first-order chi connectivity index (χ1) is 6.61. The number of carbonyl (C=O) groups is 2. The minimum atomic E-state index is -0.471. The number of hydrogen-bond donors (Lipinski definition) is 0. The first-order valence-corrected chi connectivity index (χ1v) is 4.00. The van der Waals surface area contributed by atoms with E-state index in [1.54, 1.807) is 6.92 Å². The fraction of sp³-hybridized carbons (Fsp3) is 0.333. The molecule has 0 spiro atoms. The Bertz CT molecular complexity index is 342. The Kier molecular flexibility index (Phi) is 3.28. The molecular weight excluding hydrogens is 184 g/mol. The van der Waals surface area contributed by atoms with E-state index in [1.807, 2.05) is 0 Å². The van der Waals surface area contributed by atoms with Crippen LogP contribution in [0.3, 0.4) is 0 Å². The molecule has 0 bridgehead atoms. The van der Waals surface area contributed by atoms with Gasteiger partial charge in [0.25, 0.3) is 0 Å². The minimum Gasteiger partial charge on any atom is -0.463 e. The largest absolute Gasteiger partial charge is 0.463 e. The van der Waals surface area contributed by atoms with E-state index in [2.05, 4.69) is 22.9 Å². The molecule has 0 saturated carbocycles. The third kappa shape index (κ3) is 2.62. The zero-order valence-electron chi connectivity index (χ0n) is 7.74. The van der Waals surface area contributed by atoms with Crippen molar-refractivity contribution in [2.24, 2.45) is 9.98 Å². The van der Waals surface area contributed by atoms with Crippen LogP contribution >= 0.6 is 0 Å². The number of amides is 1. The Balaban J connectivity index is 2.26. The standard InChI is InChI=1S/C9H9N2O3/c1-6(2)9(13)14-4-3-7-8(12)11-5-10-7/h1,3-4H2,2H3/q-1. The summed E-state index contributed by atoms with van der Waals surface area (Å²) in [7, 11) is 0. The van der Waals surface area contributed by atoms with Crippen LogP contribution in [-0.4, -0.2) is 30.5 Å². The number of ether oxygens (including phenoxy) is 1. The van der Waals surface area contributed by atoms with Crippen LogP contribution in [0.1, 0.15) is 13.3 Å². The lowest BCUT2D eigenvalue weighted by Gasteiger charge is -2.06. The van der Waals surface area contributed by atoms with Gasteiger partial charge in [-0.1, -0.05) is 6.58 Å². The Labute approximate surface area is 81.2 Å². The summed E-state index contributed by atoms with van der Waals surface area (Å²) in [5.74, 6) is -0.891. The van der Waals surface area contributed by atoms with Crippen LogP contribution in [0, 0.1) is 0 Å². The molecule has 1 aliphatic rings. The average Bonchev–Trinajstić information content (AvgIpc) is 2.51. The van der Waals surface area contributed by atoms with Gasteiger partial charge in [-0.25, -0.2) is 4.79 Å². The third-order valence-electron chi connectivity index (χ3n) is 1.50. The van der Waals surface area contributed by atoms with Crippen LogP contribution in [0.4, 0.5) is 0 Å². The van der Waals surface area contributed by atoms with Crippen molar-refractivity contribution in [2.45, 2.75) is 13.3 Å². The maximum absolute atomic E-state index is 10.9. The predicted octanol–water partition coefficient (Wildman–Crippen LogP) is 0.382. The van der Waals surface area contributed by atoms with E-state index in [0.29, 0.717) is 5.57 Å². The molecule has 0 unspecified atom stereocenters. The van der Waals surface area contributed by atoms with Crippen molar-refractivity contribution in [1.82, 2.24) is 0 Å². The van der Waals surface area contributed by atoms with Crippen LogP contribution in [-0.2, 0) is 14.3 Å². The molecule has 5 nitrogen and oxygen atoms in total. The lowest BCUT2D eigenvalue weighted by Crippen LogP contribution is -2.13. The van der Waals surface area contributed by atoms with Gasteiger partial charge in [0.2, 0.25) is 0 Å². The quantitative estimate of drug-likeness (QED) is 0.368. The van der Waals surface area contributed by atoms with Crippen molar-refractivity contribution < 1.29 is 14.3 Å². The second-order valence-corrected chi connectivity index (χ2v) is 2.74. The number of aliphatic imine (C=N–C) groups is 2. The Morgan fingerprint density at radius 3 is 2.86 bits per heavy atom. The summed E-state index contributed by atoms with van der Waals surface area (Å²) in [4.78, 5) is 28.7. The Hall–Kier alpha value is -1.78. The average molecular weight is 193 g/mol. The molecular formula is C9H9N2O3-. The van der Waals surface area contributed by atoms with Gasteiger partial charge in [0.15, 0.2) is 0 Å². The molecule has 0 atom stereocenters. The number of esters is 1. The zero-order chi connectivity index (χ0) is 10.6. The highest BCUT2D eigenvalue weighted by atomic mass is 16.5. The van der Waals surface area contributed by atoms with Gasteiger partial charge < -0.3 is 19.5 Å². The van der Waals surface area contributed by atoms with Crippen molar-refractivity contribution in [1.29, 1.82) is 0 Å². The van der Waals surface area contributed by atoms with E-state index in [4.69, 9.17) is 4.74 Å². The van der Waals surface area contributed by atoms with E-state index >= 15 is 0 Å². The van der Waals surface area contributed by atoms with Crippen LogP contribution < -0.4 is 0 Å². The zero-order valence-corrected chi connectivity index (χ0v) is 7.74. The van der Waals surface area contributed by atoms with Gasteiger partial charge >= 0.3 is 5.97 Å². The van der Waals surface area contributed by atoms with Gasteiger partial charge in [-0.3, -0.25) is 0 Å². The molecule has 0 radical (unpaired) electrons. The normalized spacial score (nSPS) is 14.1. The second kappa shape index (κ2) is 4.45. The topological polar surface area (TPSA) is 68.1 Å². The molecule has 1 amide bonds. The predicted molar refractivity (Wildman–Crippen MR) is 50.3 cm³/mol. The van der Waals surface area contributed by atoms with Gasteiger partial charge in [0.1, 0.15) is 5.91 Å². The first-order valence-electron chi connectivity index (χ1n) is 4.00. The van der Waals surface area contributed by atoms with Gasteiger partial charge in [-0.2, -0.15) is 0 Å². The lowest BCUT2D eigenvalue weighted by atomic mass is 10.3. The monoisotopic (exact) mass is 193 g/mol. The molecule has 74 valence electrons. The first kappa shape index (κ1) is 10.3. The minimum absolute atomic E-state index is 0.105. The van der Waals surface area contributed by atoms with Gasteiger partial charge in [-0.05, 0) is 19.1 Å². The van der Waals surface area contributed by atoms with Crippen molar-refractivity contribution in [3.05, 3.63) is 12.2 Å². The van der Waals surface area contributed by atoms with Crippen molar-refractivity contribution >= 4 is 23.9 Å². The molecule has 0 aliphatic carbocycles. The molecule has 0 fully saturated rings. The summed E-state index contributed by atoms with van der Waals surface area (Å²) in [6, 6.07) is 0. The summed E-state index contributed by atoms with van der Waals surface area (Å²) < 4.78 is 4.77. The molecule has 1 heterocycles. The Morgan fingerprint density at radius 2 is 2.36 bits per heavy atom. The molecule has 0 saturated heterocycles. The summed E-state index contributed by atoms with van der Waals surface area (Å²) in [5.41, 5.74) is 0.590. The number of rotatable bonds is 4. The van der Waals surface area contributed by atoms with Crippen molar-refractivity contribution in [3.8, 4) is 0 Å². The molecule has 0 N–H and O–H groups in total. The fourth-order valence-corrected chi connectivity index (χ4v) is 0.770. The number of carbonyl (C=O) groups excluding carboxylic acids is 2. The van der Waals surface area contributed by atoms with Crippen molar-refractivity contribution in [3.63, 3.8) is 0 Å². The molecule has 0 aromatic heterocycles. The van der Waals surface area contributed by atoms with E-state index in [1.165, 1.54) is 0 Å². The van der Waals surface area contributed by atoms with Crippen LogP contribution in [0.25, 0.3) is 0 Å². The summed E-state index contributed by atoms with van der Waals surface area (Å²) in [6.45, 7) is 5.08. The molecule has 1 rings (SSSR count). The maximum Gasteiger partial charge on any atom is 0.333 e. The number of hydrogen-bond acceptors (Lipinski definition) is 4. The van der Waals surface area contributed by atoms with Crippen LogP contribution in [0.2, 0.25) is 0 Å². The molecule has 0 aromatic carbocycles. The number of nitrogens with zero attached hydrogens (tertiary/aromatic N) is 2. The molecule has 5 heteroatoms.